The number of nitrogens with zero attached hydrogens (tertiary/aromatic N) is 8. The smallest absolute Gasteiger partial charge is 0.180 e. The first-order chi connectivity index (χ1) is 18.3. The van der Waals surface area contributed by atoms with Crippen LogP contribution in [0.2, 0.25) is 5.02 Å². The molecule has 176 valence electrons. The Morgan fingerprint density at radius 2 is 1.84 bits per heavy atom. The first-order valence-corrected chi connectivity index (χ1v) is 12.2. The highest BCUT2D eigenvalue weighted by Crippen LogP contribution is 2.40. The molecule has 8 nitrogen and oxygen atoms in total. The van der Waals surface area contributed by atoms with Gasteiger partial charge in [0.25, 0.3) is 0 Å². The molecular weight excluding hydrogens is 484 g/mol. The Morgan fingerprint density at radius 1 is 0.892 bits per heavy atom. The van der Waals surface area contributed by atoms with Gasteiger partial charge >= 0.3 is 0 Å². The molecule has 1 unspecified atom stereocenters. The van der Waals surface area contributed by atoms with Gasteiger partial charge in [-0.1, -0.05) is 41.9 Å². The van der Waals surface area contributed by atoms with E-state index in [9.17, 15) is 0 Å². The van der Waals surface area contributed by atoms with E-state index in [0.717, 1.165) is 50.4 Å². The quantitative estimate of drug-likeness (QED) is 0.309. The molecule has 4 aromatic heterocycles. The number of para-hydroxylation sites is 1. The molecule has 1 atom stereocenters. The third-order valence-electron chi connectivity index (χ3n) is 7.06. The maximum absolute atomic E-state index is 6.38. The van der Waals surface area contributed by atoms with Crippen molar-refractivity contribution >= 4 is 28.2 Å². The Bertz CT molecular complexity index is 1920. The van der Waals surface area contributed by atoms with E-state index in [4.69, 9.17) is 16.6 Å². The Kier molecular flexibility index (Phi) is 4.18. The summed E-state index contributed by atoms with van der Waals surface area (Å²) in [5, 5.41) is 14.1. The number of pyridine rings is 1. The molecule has 0 bridgehead atoms. The predicted molar refractivity (Wildman–Crippen MR) is 141 cm³/mol. The number of aromatic nitrogens is 8. The highest BCUT2D eigenvalue weighted by molar-refractivity contribution is 6.30. The van der Waals surface area contributed by atoms with Crippen molar-refractivity contribution in [1.29, 1.82) is 0 Å². The molecule has 0 aliphatic carbocycles. The largest absolute Gasteiger partial charge is 0.318 e. The first-order valence-electron chi connectivity index (χ1n) is 11.8. The first kappa shape index (κ1) is 20.4. The Balaban J connectivity index is 1.43. The zero-order valence-corrected chi connectivity index (χ0v) is 20.0. The summed E-state index contributed by atoms with van der Waals surface area (Å²) in [6.07, 6.45) is 7.69. The second-order valence-electron chi connectivity index (χ2n) is 9.06. The van der Waals surface area contributed by atoms with Gasteiger partial charge in [0.15, 0.2) is 5.65 Å². The summed E-state index contributed by atoms with van der Waals surface area (Å²) < 4.78 is 6.14. The summed E-state index contributed by atoms with van der Waals surface area (Å²) in [6.45, 7) is 0. The second kappa shape index (κ2) is 7.59. The van der Waals surface area contributed by atoms with Gasteiger partial charge in [-0.3, -0.25) is 0 Å². The number of benzene rings is 3. The lowest BCUT2D eigenvalue weighted by Gasteiger charge is -2.21. The number of imidazole rings is 2. The molecule has 0 N–H and O–H groups in total. The lowest BCUT2D eigenvalue weighted by molar-refractivity contribution is 0.661. The van der Waals surface area contributed by atoms with Crippen LogP contribution in [-0.2, 0) is 0 Å². The Labute approximate surface area is 215 Å². The Morgan fingerprint density at radius 3 is 2.78 bits per heavy atom. The summed E-state index contributed by atoms with van der Waals surface area (Å²) in [7, 11) is 0. The van der Waals surface area contributed by atoms with Gasteiger partial charge in [-0.2, -0.15) is 4.52 Å². The van der Waals surface area contributed by atoms with Crippen molar-refractivity contribution in [2.45, 2.75) is 6.04 Å². The van der Waals surface area contributed by atoms with E-state index in [1.54, 1.807) is 4.52 Å². The highest BCUT2D eigenvalue weighted by Gasteiger charge is 2.29. The summed E-state index contributed by atoms with van der Waals surface area (Å²) in [4.78, 5) is 9.28. The van der Waals surface area contributed by atoms with Gasteiger partial charge in [-0.05, 0) is 69.6 Å². The summed E-state index contributed by atoms with van der Waals surface area (Å²) in [5.41, 5.74) is 7.87. The number of hydrogen-bond donors (Lipinski definition) is 0. The maximum Gasteiger partial charge on any atom is 0.180 e. The number of hydrogen-bond acceptors (Lipinski definition) is 5. The third kappa shape index (κ3) is 2.93. The SMILES string of the molecule is Clc1cccc(-c2cc3nnnn3c3ccc(C4c5cncn5-c5ccccc5-c5nccn54)cc23)c1. The summed E-state index contributed by atoms with van der Waals surface area (Å²) in [5.74, 6) is 0.912. The fraction of sp³-hybridized carbons (Fsp3) is 0.0357. The number of tetrazole rings is 1. The van der Waals surface area contributed by atoms with Gasteiger partial charge in [-0.15, -0.1) is 5.10 Å². The normalized spacial score (nSPS) is 14.4. The van der Waals surface area contributed by atoms with Gasteiger partial charge in [0.1, 0.15) is 11.9 Å². The zero-order valence-electron chi connectivity index (χ0n) is 19.3. The van der Waals surface area contributed by atoms with Crippen molar-refractivity contribution in [3.05, 3.63) is 114 Å². The van der Waals surface area contributed by atoms with Gasteiger partial charge in [-0.25, -0.2) is 9.97 Å². The molecule has 3 aromatic carbocycles. The van der Waals surface area contributed by atoms with Crippen LogP contribution in [0.1, 0.15) is 17.3 Å². The van der Waals surface area contributed by atoms with Crippen LogP contribution in [0.4, 0.5) is 0 Å². The van der Waals surface area contributed by atoms with Crippen molar-refractivity contribution in [3.8, 4) is 28.2 Å². The molecular formula is C28H17ClN8. The fourth-order valence-electron chi connectivity index (χ4n) is 5.47. The molecule has 0 saturated heterocycles. The minimum atomic E-state index is -0.145. The molecule has 7 aromatic rings. The Hall–Kier alpha value is -4.82. The van der Waals surface area contributed by atoms with Crippen LogP contribution in [0.3, 0.4) is 0 Å². The fourth-order valence-corrected chi connectivity index (χ4v) is 5.66. The van der Waals surface area contributed by atoms with E-state index >= 15 is 0 Å². The molecule has 1 aliphatic rings. The van der Waals surface area contributed by atoms with E-state index in [2.05, 4.69) is 66.0 Å². The lowest BCUT2D eigenvalue weighted by Crippen LogP contribution is -2.14. The lowest BCUT2D eigenvalue weighted by atomic mass is 9.96. The van der Waals surface area contributed by atoms with E-state index < -0.39 is 0 Å². The van der Waals surface area contributed by atoms with Crippen molar-refractivity contribution in [2.24, 2.45) is 0 Å². The molecule has 0 amide bonds. The molecule has 8 rings (SSSR count). The second-order valence-corrected chi connectivity index (χ2v) is 9.50. The minimum Gasteiger partial charge on any atom is -0.318 e. The van der Waals surface area contributed by atoms with Crippen molar-refractivity contribution < 1.29 is 0 Å². The molecule has 0 saturated carbocycles. The topological polar surface area (TPSA) is 78.7 Å². The molecule has 9 heteroatoms. The van der Waals surface area contributed by atoms with Crippen LogP contribution in [0.5, 0.6) is 0 Å². The van der Waals surface area contributed by atoms with Gasteiger partial charge in [0, 0.05) is 28.4 Å². The van der Waals surface area contributed by atoms with Crippen LogP contribution in [0.25, 0.3) is 44.8 Å². The molecule has 0 spiro atoms. The van der Waals surface area contributed by atoms with Crippen molar-refractivity contribution in [3.63, 3.8) is 0 Å². The van der Waals surface area contributed by atoms with Crippen LogP contribution in [0.15, 0.2) is 97.7 Å². The van der Waals surface area contributed by atoms with Crippen LogP contribution in [-0.4, -0.2) is 39.1 Å². The molecule has 5 heterocycles. The summed E-state index contributed by atoms with van der Waals surface area (Å²) in [6, 6.07) is 24.4. The predicted octanol–water partition coefficient (Wildman–Crippen LogP) is 5.60. The van der Waals surface area contributed by atoms with E-state index in [1.807, 2.05) is 61.3 Å². The standard InChI is InChI=1S/C28H17ClN8/c29-19-5-3-4-17(12-19)21-14-26-32-33-34-37(26)24-9-8-18(13-22(21)24)27-25-15-30-16-36(25)23-7-2-1-6-20(23)28-31-10-11-35(27)28/h1-16,27H. The maximum atomic E-state index is 6.38. The number of halogens is 1. The van der Waals surface area contributed by atoms with E-state index in [-0.39, 0.29) is 6.04 Å². The highest BCUT2D eigenvalue weighted by atomic mass is 35.5. The molecule has 1 aliphatic heterocycles. The van der Waals surface area contributed by atoms with E-state index in [0.29, 0.717) is 10.7 Å². The average molecular weight is 501 g/mol. The molecule has 0 fully saturated rings. The number of fused-ring (bicyclic) bond motifs is 8. The van der Waals surface area contributed by atoms with Gasteiger partial charge in [0.05, 0.1) is 29.4 Å². The van der Waals surface area contributed by atoms with Gasteiger partial charge < -0.3 is 9.13 Å². The van der Waals surface area contributed by atoms with Crippen molar-refractivity contribution in [2.75, 3.05) is 0 Å². The van der Waals surface area contributed by atoms with Gasteiger partial charge in [0.2, 0.25) is 0 Å². The third-order valence-corrected chi connectivity index (χ3v) is 7.29. The van der Waals surface area contributed by atoms with E-state index in [1.165, 1.54) is 0 Å². The summed E-state index contributed by atoms with van der Waals surface area (Å²) >= 11 is 6.38. The van der Waals surface area contributed by atoms with Crippen LogP contribution in [0, 0.1) is 0 Å². The van der Waals surface area contributed by atoms with Crippen LogP contribution >= 0.6 is 11.6 Å². The minimum absolute atomic E-state index is 0.145. The molecule has 37 heavy (non-hydrogen) atoms. The monoisotopic (exact) mass is 500 g/mol. The zero-order chi connectivity index (χ0) is 24.5. The average Bonchev–Trinajstić information content (AvgIpc) is 3.69. The van der Waals surface area contributed by atoms with Crippen molar-refractivity contribution in [1.82, 2.24) is 39.1 Å². The number of rotatable bonds is 2. The molecule has 0 radical (unpaired) electrons. The van der Waals surface area contributed by atoms with Crippen LogP contribution < -0.4 is 0 Å².